The summed E-state index contributed by atoms with van der Waals surface area (Å²) < 4.78 is 0. The summed E-state index contributed by atoms with van der Waals surface area (Å²) >= 11 is 1.78. The van der Waals surface area contributed by atoms with Crippen LogP contribution in [0.25, 0.3) is 0 Å². The van der Waals surface area contributed by atoms with Gasteiger partial charge < -0.3 is 5.73 Å². The third-order valence-corrected chi connectivity index (χ3v) is 3.43. The molecular formula is C10H17NS. The zero-order chi connectivity index (χ0) is 9.19. The monoisotopic (exact) mass is 183 g/mol. The van der Waals surface area contributed by atoms with Gasteiger partial charge in [-0.3, -0.25) is 0 Å². The summed E-state index contributed by atoms with van der Waals surface area (Å²) in [6, 6.07) is 2.21. The van der Waals surface area contributed by atoms with Crippen molar-refractivity contribution >= 4 is 11.3 Å². The van der Waals surface area contributed by atoms with E-state index < -0.39 is 0 Å². The van der Waals surface area contributed by atoms with Crippen LogP contribution in [0, 0.1) is 6.92 Å². The third kappa shape index (κ3) is 1.70. The topological polar surface area (TPSA) is 26.0 Å². The molecule has 0 bridgehead atoms. The number of aryl methyl sites for hydroxylation is 1. The van der Waals surface area contributed by atoms with Gasteiger partial charge in [0.15, 0.2) is 0 Å². The number of rotatable bonds is 3. The van der Waals surface area contributed by atoms with Gasteiger partial charge in [0.2, 0.25) is 0 Å². The van der Waals surface area contributed by atoms with E-state index in [4.69, 9.17) is 5.73 Å². The maximum absolute atomic E-state index is 6.24. The summed E-state index contributed by atoms with van der Waals surface area (Å²) in [4.78, 5) is 1.35. The van der Waals surface area contributed by atoms with Crippen LogP contribution in [0.15, 0.2) is 11.4 Å². The van der Waals surface area contributed by atoms with E-state index in [0.29, 0.717) is 0 Å². The first-order chi connectivity index (χ1) is 5.62. The minimum atomic E-state index is -0.0925. The molecule has 1 aromatic heterocycles. The van der Waals surface area contributed by atoms with Crippen LogP contribution in [0.2, 0.25) is 0 Å². The van der Waals surface area contributed by atoms with Crippen molar-refractivity contribution in [3.8, 4) is 0 Å². The Morgan fingerprint density at radius 3 is 2.33 bits per heavy atom. The number of hydrogen-bond acceptors (Lipinski definition) is 2. The van der Waals surface area contributed by atoms with Crippen molar-refractivity contribution in [3.63, 3.8) is 0 Å². The van der Waals surface area contributed by atoms with Crippen LogP contribution in [-0.2, 0) is 5.54 Å². The van der Waals surface area contributed by atoms with E-state index in [1.165, 1.54) is 10.4 Å². The molecule has 0 amide bonds. The highest BCUT2D eigenvalue weighted by atomic mass is 32.1. The van der Waals surface area contributed by atoms with E-state index in [9.17, 15) is 0 Å². The molecule has 1 nitrogen and oxygen atoms in total. The molecule has 0 aliphatic heterocycles. The summed E-state index contributed by atoms with van der Waals surface area (Å²) in [5.74, 6) is 0. The molecule has 2 heteroatoms. The minimum absolute atomic E-state index is 0.0925. The Labute approximate surface area is 78.6 Å². The molecule has 68 valence electrons. The van der Waals surface area contributed by atoms with Crippen molar-refractivity contribution in [2.45, 2.75) is 39.2 Å². The average molecular weight is 183 g/mol. The lowest BCUT2D eigenvalue weighted by molar-refractivity contribution is 0.414. The van der Waals surface area contributed by atoms with Crippen LogP contribution in [0.3, 0.4) is 0 Å². The van der Waals surface area contributed by atoms with Gasteiger partial charge in [-0.2, -0.15) is 0 Å². The molecule has 2 N–H and O–H groups in total. The molecule has 0 spiro atoms. The fourth-order valence-electron chi connectivity index (χ4n) is 1.36. The minimum Gasteiger partial charge on any atom is -0.321 e. The molecule has 0 atom stereocenters. The Morgan fingerprint density at radius 1 is 1.42 bits per heavy atom. The van der Waals surface area contributed by atoms with Crippen molar-refractivity contribution < 1.29 is 0 Å². The molecule has 0 fully saturated rings. The highest BCUT2D eigenvalue weighted by Crippen LogP contribution is 2.29. The predicted molar refractivity (Wildman–Crippen MR) is 55.5 cm³/mol. The lowest BCUT2D eigenvalue weighted by Crippen LogP contribution is -2.34. The number of hydrogen-bond donors (Lipinski definition) is 1. The van der Waals surface area contributed by atoms with Crippen molar-refractivity contribution in [2.24, 2.45) is 5.73 Å². The van der Waals surface area contributed by atoms with E-state index in [1.54, 1.807) is 11.3 Å². The normalized spacial score (nSPS) is 12.0. The quantitative estimate of drug-likeness (QED) is 0.766. The fraction of sp³-hybridized carbons (Fsp3) is 0.600. The lowest BCUT2D eigenvalue weighted by Gasteiger charge is -2.25. The number of thiophene rings is 1. The third-order valence-electron chi connectivity index (χ3n) is 2.57. The van der Waals surface area contributed by atoms with Crippen molar-refractivity contribution in [1.29, 1.82) is 0 Å². The maximum Gasteiger partial charge on any atom is 0.0412 e. The largest absolute Gasteiger partial charge is 0.321 e. The van der Waals surface area contributed by atoms with Gasteiger partial charge >= 0.3 is 0 Å². The molecule has 0 saturated heterocycles. The van der Waals surface area contributed by atoms with Crippen LogP contribution in [0.1, 0.15) is 37.1 Å². The smallest absolute Gasteiger partial charge is 0.0412 e. The van der Waals surface area contributed by atoms with Gasteiger partial charge in [0.25, 0.3) is 0 Å². The summed E-state index contributed by atoms with van der Waals surface area (Å²) in [6.07, 6.45) is 2.03. The van der Waals surface area contributed by atoms with Crippen LogP contribution in [-0.4, -0.2) is 0 Å². The molecule has 12 heavy (non-hydrogen) atoms. The standard InChI is InChI=1S/C10H17NS/c1-4-10(11,5-2)9-6-8(3)12-7-9/h6-7H,4-5,11H2,1-3H3. The molecule has 0 aliphatic rings. The Kier molecular flexibility index (Phi) is 2.91. The zero-order valence-electron chi connectivity index (χ0n) is 8.05. The molecule has 0 unspecified atom stereocenters. The molecular weight excluding hydrogens is 166 g/mol. The van der Waals surface area contributed by atoms with Gasteiger partial charge in [-0.05, 0) is 36.8 Å². The highest BCUT2D eigenvalue weighted by molar-refractivity contribution is 7.10. The van der Waals surface area contributed by atoms with Gasteiger partial charge in [0.1, 0.15) is 0 Å². The SMILES string of the molecule is CCC(N)(CC)c1csc(C)c1. The van der Waals surface area contributed by atoms with Crippen molar-refractivity contribution in [2.75, 3.05) is 0 Å². The lowest BCUT2D eigenvalue weighted by atomic mass is 9.88. The molecule has 1 rings (SSSR count). The van der Waals surface area contributed by atoms with E-state index >= 15 is 0 Å². The first kappa shape index (κ1) is 9.75. The van der Waals surface area contributed by atoms with Crippen molar-refractivity contribution in [1.82, 2.24) is 0 Å². The molecule has 1 heterocycles. The van der Waals surface area contributed by atoms with Crippen LogP contribution in [0.5, 0.6) is 0 Å². The average Bonchev–Trinajstić information content (AvgIpc) is 2.51. The molecule has 0 radical (unpaired) electrons. The summed E-state index contributed by atoms with van der Waals surface area (Å²) in [5.41, 5.74) is 7.45. The van der Waals surface area contributed by atoms with Gasteiger partial charge in [0, 0.05) is 10.4 Å². The zero-order valence-corrected chi connectivity index (χ0v) is 8.87. The van der Waals surface area contributed by atoms with Gasteiger partial charge in [-0.15, -0.1) is 11.3 Å². The predicted octanol–water partition coefficient (Wildman–Crippen LogP) is 3.03. The molecule has 0 saturated carbocycles. The second-order valence-electron chi connectivity index (χ2n) is 3.31. The van der Waals surface area contributed by atoms with E-state index in [2.05, 4.69) is 32.2 Å². The Bertz CT molecular complexity index is 248. The van der Waals surface area contributed by atoms with Crippen LogP contribution in [0.4, 0.5) is 0 Å². The second kappa shape index (κ2) is 3.58. The van der Waals surface area contributed by atoms with Crippen molar-refractivity contribution in [3.05, 3.63) is 21.9 Å². The van der Waals surface area contributed by atoms with Gasteiger partial charge in [0.05, 0.1) is 0 Å². The van der Waals surface area contributed by atoms with E-state index in [-0.39, 0.29) is 5.54 Å². The molecule has 0 aliphatic carbocycles. The summed E-state index contributed by atoms with van der Waals surface area (Å²) in [7, 11) is 0. The van der Waals surface area contributed by atoms with E-state index in [0.717, 1.165) is 12.8 Å². The first-order valence-corrected chi connectivity index (χ1v) is 5.35. The summed E-state index contributed by atoms with van der Waals surface area (Å²) in [5, 5.41) is 2.18. The molecule has 1 aromatic rings. The fourth-order valence-corrected chi connectivity index (χ4v) is 2.17. The Morgan fingerprint density at radius 2 is 2.00 bits per heavy atom. The summed E-state index contributed by atoms with van der Waals surface area (Å²) in [6.45, 7) is 6.42. The first-order valence-electron chi connectivity index (χ1n) is 4.47. The van der Waals surface area contributed by atoms with E-state index in [1.807, 2.05) is 0 Å². The second-order valence-corrected chi connectivity index (χ2v) is 4.42. The number of nitrogens with two attached hydrogens (primary N) is 1. The molecule has 0 aromatic carbocycles. The highest BCUT2D eigenvalue weighted by Gasteiger charge is 2.23. The van der Waals surface area contributed by atoms with Crippen LogP contribution >= 0.6 is 11.3 Å². The maximum atomic E-state index is 6.24. The Hall–Kier alpha value is -0.340. The van der Waals surface area contributed by atoms with Crippen LogP contribution < -0.4 is 5.73 Å². The van der Waals surface area contributed by atoms with Gasteiger partial charge in [-0.1, -0.05) is 13.8 Å². The Balaban J connectivity index is 2.94. The van der Waals surface area contributed by atoms with Gasteiger partial charge in [-0.25, -0.2) is 0 Å².